The molecule has 0 spiro atoms. The summed E-state index contributed by atoms with van der Waals surface area (Å²) in [6, 6.07) is 15.1. The highest BCUT2D eigenvalue weighted by molar-refractivity contribution is 5.96. The average Bonchev–Trinajstić information content (AvgIpc) is 2.81. The number of nitrogens with one attached hydrogen (secondary N) is 2. The van der Waals surface area contributed by atoms with Crippen molar-refractivity contribution in [2.24, 2.45) is 0 Å². The van der Waals surface area contributed by atoms with Gasteiger partial charge in [0, 0.05) is 38.6 Å². The summed E-state index contributed by atoms with van der Waals surface area (Å²) in [6.07, 6.45) is 7.01. The second-order valence-corrected chi connectivity index (χ2v) is 8.07. The maximum absolute atomic E-state index is 12.9. The van der Waals surface area contributed by atoms with Crippen LogP contribution in [0, 0.1) is 0 Å². The lowest BCUT2D eigenvalue weighted by atomic mass is 9.91. The van der Waals surface area contributed by atoms with Gasteiger partial charge in [-0.05, 0) is 56.0 Å². The largest absolute Gasteiger partial charge is 0.438 e. The van der Waals surface area contributed by atoms with Crippen LogP contribution in [0.15, 0.2) is 60.9 Å². The fraction of sp³-hybridized carbons (Fsp3) is 0.333. The van der Waals surface area contributed by atoms with Crippen molar-refractivity contribution >= 4 is 17.7 Å². The van der Waals surface area contributed by atoms with Crippen molar-refractivity contribution in [3.63, 3.8) is 0 Å². The maximum Gasteiger partial charge on any atom is 0.257 e. The predicted molar refractivity (Wildman–Crippen MR) is 124 cm³/mol. The first-order chi connectivity index (χ1) is 15.6. The smallest absolute Gasteiger partial charge is 0.257 e. The van der Waals surface area contributed by atoms with Gasteiger partial charge in [0.1, 0.15) is 17.1 Å². The van der Waals surface area contributed by atoms with Crippen LogP contribution in [-0.2, 0) is 0 Å². The van der Waals surface area contributed by atoms with Crippen molar-refractivity contribution in [1.29, 1.82) is 0 Å². The number of aromatic nitrogens is 3. The zero-order chi connectivity index (χ0) is 22.3. The van der Waals surface area contributed by atoms with Gasteiger partial charge in [-0.2, -0.15) is 4.98 Å². The highest BCUT2D eigenvalue weighted by Crippen LogP contribution is 2.25. The first kappa shape index (κ1) is 21.5. The first-order valence-electron chi connectivity index (χ1n) is 10.8. The van der Waals surface area contributed by atoms with E-state index in [1.54, 1.807) is 24.5 Å². The Hall–Kier alpha value is -3.68. The summed E-state index contributed by atoms with van der Waals surface area (Å²) < 4.78 is 5.83. The average molecular weight is 433 g/mol. The van der Waals surface area contributed by atoms with Gasteiger partial charge in [0.2, 0.25) is 11.8 Å². The second kappa shape index (κ2) is 10.1. The molecule has 166 valence electrons. The molecule has 0 aliphatic heterocycles. The van der Waals surface area contributed by atoms with Crippen LogP contribution in [0.5, 0.6) is 11.6 Å². The molecule has 1 aromatic carbocycles. The topological polar surface area (TPSA) is 92.3 Å². The third kappa shape index (κ3) is 5.51. The number of amides is 1. The molecule has 1 fully saturated rings. The van der Waals surface area contributed by atoms with Gasteiger partial charge in [0.25, 0.3) is 5.91 Å². The number of para-hydroxylation sites is 1. The summed E-state index contributed by atoms with van der Waals surface area (Å²) in [5.41, 5.74) is 0.436. The Morgan fingerprint density at radius 3 is 2.44 bits per heavy atom. The highest BCUT2D eigenvalue weighted by atomic mass is 16.5. The second-order valence-electron chi connectivity index (χ2n) is 8.07. The van der Waals surface area contributed by atoms with E-state index in [4.69, 9.17) is 4.74 Å². The summed E-state index contributed by atoms with van der Waals surface area (Å²) in [4.78, 5) is 28.0. The van der Waals surface area contributed by atoms with Crippen LogP contribution in [0.2, 0.25) is 0 Å². The van der Waals surface area contributed by atoms with Gasteiger partial charge >= 0.3 is 0 Å². The standard InChI is InChI=1S/C24H28N6O2/c1-30(2)21-14-16-26-24(29-21)28-18-12-10-17(11-13-18)27-22(31)20-9-6-15-25-23(20)32-19-7-4-3-5-8-19/h3-9,14-18H,10-13H2,1-2H3,(H,27,31)(H,26,28,29). The van der Waals surface area contributed by atoms with E-state index in [1.807, 2.05) is 55.4 Å². The van der Waals surface area contributed by atoms with E-state index < -0.39 is 0 Å². The van der Waals surface area contributed by atoms with Crippen LogP contribution in [0.4, 0.5) is 11.8 Å². The van der Waals surface area contributed by atoms with E-state index in [0.717, 1.165) is 31.5 Å². The lowest BCUT2D eigenvalue weighted by molar-refractivity contribution is 0.0923. The van der Waals surface area contributed by atoms with Gasteiger partial charge in [0.15, 0.2) is 0 Å². The number of rotatable bonds is 7. The third-order valence-corrected chi connectivity index (χ3v) is 5.47. The van der Waals surface area contributed by atoms with Crippen LogP contribution in [-0.4, -0.2) is 47.0 Å². The highest BCUT2D eigenvalue weighted by Gasteiger charge is 2.24. The van der Waals surface area contributed by atoms with Crippen molar-refractivity contribution in [2.45, 2.75) is 37.8 Å². The molecular weight excluding hydrogens is 404 g/mol. The van der Waals surface area contributed by atoms with E-state index in [0.29, 0.717) is 23.1 Å². The fourth-order valence-electron chi connectivity index (χ4n) is 3.74. The summed E-state index contributed by atoms with van der Waals surface area (Å²) in [5, 5.41) is 6.57. The zero-order valence-electron chi connectivity index (χ0n) is 18.4. The number of ether oxygens (including phenoxy) is 1. The number of carbonyl (C=O) groups is 1. The SMILES string of the molecule is CN(C)c1ccnc(NC2CCC(NC(=O)c3cccnc3Oc3ccccc3)CC2)n1. The van der Waals surface area contributed by atoms with Crippen molar-refractivity contribution in [3.8, 4) is 11.6 Å². The number of pyridine rings is 1. The molecule has 4 rings (SSSR count). The van der Waals surface area contributed by atoms with Crippen LogP contribution in [0.3, 0.4) is 0 Å². The maximum atomic E-state index is 12.9. The van der Waals surface area contributed by atoms with Gasteiger partial charge in [-0.3, -0.25) is 4.79 Å². The van der Waals surface area contributed by atoms with Gasteiger partial charge < -0.3 is 20.3 Å². The van der Waals surface area contributed by atoms with Crippen LogP contribution < -0.4 is 20.3 Å². The number of anilines is 2. The Labute approximate surface area is 188 Å². The van der Waals surface area contributed by atoms with Gasteiger partial charge in [-0.25, -0.2) is 9.97 Å². The molecule has 8 heteroatoms. The molecule has 32 heavy (non-hydrogen) atoms. The summed E-state index contributed by atoms with van der Waals surface area (Å²) in [5.74, 6) is 2.30. The Kier molecular flexibility index (Phi) is 6.79. The summed E-state index contributed by atoms with van der Waals surface area (Å²) in [7, 11) is 3.91. The van der Waals surface area contributed by atoms with Crippen LogP contribution in [0.25, 0.3) is 0 Å². The molecule has 1 saturated carbocycles. The Morgan fingerprint density at radius 2 is 1.69 bits per heavy atom. The molecule has 0 bridgehead atoms. The monoisotopic (exact) mass is 432 g/mol. The quantitative estimate of drug-likeness (QED) is 0.585. The lowest BCUT2D eigenvalue weighted by Crippen LogP contribution is -2.40. The fourth-order valence-corrected chi connectivity index (χ4v) is 3.74. The summed E-state index contributed by atoms with van der Waals surface area (Å²) in [6.45, 7) is 0. The third-order valence-electron chi connectivity index (χ3n) is 5.47. The van der Waals surface area contributed by atoms with E-state index in [2.05, 4.69) is 25.6 Å². The van der Waals surface area contributed by atoms with E-state index in [1.165, 1.54) is 0 Å². The molecule has 1 amide bonds. The minimum atomic E-state index is -0.164. The van der Waals surface area contributed by atoms with E-state index in [-0.39, 0.29) is 18.0 Å². The summed E-state index contributed by atoms with van der Waals surface area (Å²) >= 11 is 0. The molecule has 2 heterocycles. The number of carbonyl (C=O) groups excluding carboxylic acids is 1. The molecule has 0 saturated heterocycles. The first-order valence-corrected chi connectivity index (χ1v) is 10.8. The van der Waals surface area contributed by atoms with Crippen LogP contribution in [0.1, 0.15) is 36.0 Å². The minimum absolute atomic E-state index is 0.111. The normalized spacial score (nSPS) is 17.9. The van der Waals surface area contributed by atoms with Gasteiger partial charge in [0.05, 0.1) is 0 Å². The Bertz CT molecular complexity index is 1040. The van der Waals surface area contributed by atoms with Gasteiger partial charge in [-0.1, -0.05) is 18.2 Å². The van der Waals surface area contributed by atoms with Crippen molar-refractivity contribution in [1.82, 2.24) is 20.3 Å². The molecule has 3 aromatic rings. The lowest BCUT2D eigenvalue weighted by Gasteiger charge is -2.30. The van der Waals surface area contributed by atoms with Gasteiger partial charge in [-0.15, -0.1) is 0 Å². The predicted octanol–water partition coefficient (Wildman–Crippen LogP) is 3.88. The molecular formula is C24H28N6O2. The Morgan fingerprint density at radius 1 is 0.938 bits per heavy atom. The molecule has 8 nitrogen and oxygen atoms in total. The molecule has 2 aromatic heterocycles. The number of benzene rings is 1. The van der Waals surface area contributed by atoms with E-state index >= 15 is 0 Å². The number of hydrogen-bond donors (Lipinski definition) is 2. The number of nitrogens with zero attached hydrogens (tertiary/aromatic N) is 4. The molecule has 0 atom stereocenters. The zero-order valence-corrected chi connectivity index (χ0v) is 18.4. The molecule has 0 radical (unpaired) electrons. The molecule has 1 aliphatic rings. The molecule has 1 aliphatic carbocycles. The van der Waals surface area contributed by atoms with E-state index in [9.17, 15) is 4.79 Å². The number of hydrogen-bond acceptors (Lipinski definition) is 7. The van der Waals surface area contributed by atoms with Crippen molar-refractivity contribution in [2.75, 3.05) is 24.3 Å². The minimum Gasteiger partial charge on any atom is -0.438 e. The van der Waals surface area contributed by atoms with Crippen molar-refractivity contribution < 1.29 is 9.53 Å². The Balaban J connectivity index is 1.32. The van der Waals surface area contributed by atoms with Crippen LogP contribution >= 0.6 is 0 Å². The molecule has 0 unspecified atom stereocenters. The molecule has 2 N–H and O–H groups in total. The van der Waals surface area contributed by atoms with Crippen molar-refractivity contribution in [3.05, 3.63) is 66.5 Å².